The maximum atomic E-state index is 13.2. The first-order chi connectivity index (χ1) is 13.5. The van der Waals surface area contributed by atoms with Gasteiger partial charge in [0.05, 0.1) is 12.5 Å². The van der Waals surface area contributed by atoms with Gasteiger partial charge in [-0.3, -0.25) is 9.59 Å². The zero-order chi connectivity index (χ0) is 19.7. The Kier molecular flexibility index (Phi) is 4.79. The van der Waals surface area contributed by atoms with Gasteiger partial charge in [-0.25, -0.2) is 4.39 Å². The summed E-state index contributed by atoms with van der Waals surface area (Å²) in [5, 5.41) is 0. The van der Waals surface area contributed by atoms with E-state index >= 15 is 0 Å². The van der Waals surface area contributed by atoms with E-state index in [-0.39, 0.29) is 17.6 Å². The van der Waals surface area contributed by atoms with Crippen molar-refractivity contribution in [1.82, 2.24) is 9.80 Å². The molecule has 146 valence electrons. The number of amides is 2. The largest absolute Gasteiger partial charge is 0.497 e. The number of carbonyl (C=O) groups is 2. The summed E-state index contributed by atoms with van der Waals surface area (Å²) in [5.41, 5.74) is 0.997. The van der Waals surface area contributed by atoms with Gasteiger partial charge in [-0.2, -0.15) is 0 Å². The molecule has 0 N–H and O–H groups in total. The Morgan fingerprint density at radius 2 is 1.46 bits per heavy atom. The van der Waals surface area contributed by atoms with Crippen LogP contribution in [0.1, 0.15) is 28.8 Å². The molecular formula is C22H23FN2O3. The lowest BCUT2D eigenvalue weighted by Crippen LogP contribution is -2.53. The second kappa shape index (κ2) is 7.26. The van der Waals surface area contributed by atoms with Gasteiger partial charge in [0.25, 0.3) is 5.91 Å². The lowest BCUT2D eigenvalue weighted by Gasteiger charge is -2.36. The molecule has 2 aliphatic rings. The Balaban J connectivity index is 1.39. The van der Waals surface area contributed by atoms with E-state index in [0.717, 1.165) is 18.4 Å². The molecule has 0 unspecified atom stereocenters. The van der Waals surface area contributed by atoms with Gasteiger partial charge < -0.3 is 14.5 Å². The van der Waals surface area contributed by atoms with Gasteiger partial charge in [-0.05, 0) is 54.8 Å². The normalized spacial score (nSPS) is 17.9. The van der Waals surface area contributed by atoms with E-state index in [1.165, 1.54) is 12.1 Å². The molecule has 6 heteroatoms. The monoisotopic (exact) mass is 382 g/mol. The lowest BCUT2D eigenvalue weighted by molar-refractivity contribution is -0.135. The predicted molar refractivity (Wildman–Crippen MR) is 103 cm³/mol. The van der Waals surface area contributed by atoms with Crippen LogP contribution in [0.3, 0.4) is 0 Å². The molecule has 2 aromatic rings. The molecule has 1 saturated carbocycles. The molecule has 0 radical (unpaired) electrons. The average Bonchev–Trinajstić information content (AvgIpc) is 3.55. The van der Waals surface area contributed by atoms with E-state index in [2.05, 4.69) is 0 Å². The number of hydrogen-bond donors (Lipinski definition) is 0. The molecule has 0 bridgehead atoms. The standard InChI is InChI=1S/C22H23FN2O3/c1-28-19-8-2-16(3-9-19)20(26)24-12-14-25(15-13-24)21(27)22(10-11-22)17-4-6-18(23)7-5-17/h2-9H,10-15H2,1H3. The summed E-state index contributed by atoms with van der Waals surface area (Å²) in [5.74, 6) is 0.477. The summed E-state index contributed by atoms with van der Waals surface area (Å²) in [6.07, 6.45) is 1.59. The van der Waals surface area contributed by atoms with Crippen molar-refractivity contribution >= 4 is 11.8 Å². The van der Waals surface area contributed by atoms with Crippen LogP contribution in [0.2, 0.25) is 0 Å². The van der Waals surface area contributed by atoms with Gasteiger partial charge in [-0.1, -0.05) is 12.1 Å². The minimum atomic E-state index is -0.504. The summed E-state index contributed by atoms with van der Waals surface area (Å²) < 4.78 is 18.3. The van der Waals surface area contributed by atoms with Gasteiger partial charge in [0, 0.05) is 31.7 Å². The lowest BCUT2D eigenvalue weighted by atomic mass is 9.94. The highest BCUT2D eigenvalue weighted by Gasteiger charge is 2.53. The van der Waals surface area contributed by atoms with E-state index in [4.69, 9.17) is 4.74 Å². The zero-order valence-corrected chi connectivity index (χ0v) is 15.9. The number of rotatable bonds is 4. The van der Waals surface area contributed by atoms with Gasteiger partial charge in [0.2, 0.25) is 5.91 Å². The molecule has 0 spiro atoms. The van der Waals surface area contributed by atoms with E-state index < -0.39 is 5.41 Å². The van der Waals surface area contributed by atoms with Gasteiger partial charge in [0.15, 0.2) is 0 Å². The molecule has 0 aromatic heterocycles. The van der Waals surface area contributed by atoms with E-state index in [1.807, 2.05) is 4.90 Å². The Bertz CT molecular complexity index is 868. The minimum Gasteiger partial charge on any atom is -0.497 e. The summed E-state index contributed by atoms with van der Waals surface area (Å²) in [6, 6.07) is 13.3. The fourth-order valence-corrected chi connectivity index (χ4v) is 3.85. The van der Waals surface area contributed by atoms with Crippen molar-refractivity contribution in [3.63, 3.8) is 0 Å². The predicted octanol–water partition coefficient (Wildman–Crippen LogP) is 2.85. The summed E-state index contributed by atoms with van der Waals surface area (Å²) in [6.45, 7) is 2.06. The zero-order valence-electron chi connectivity index (χ0n) is 15.9. The molecular weight excluding hydrogens is 359 g/mol. The highest BCUT2D eigenvalue weighted by molar-refractivity contribution is 5.95. The molecule has 2 aromatic carbocycles. The Morgan fingerprint density at radius 3 is 2.00 bits per heavy atom. The fraction of sp³-hybridized carbons (Fsp3) is 0.364. The van der Waals surface area contributed by atoms with Crippen molar-refractivity contribution in [2.75, 3.05) is 33.3 Å². The number of benzene rings is 2. The Hall–Kier alpha value is -2.89. The van der Waals surface area contributed by atoms with Crippen molar-refractivity contribution in [2.45, 2.75) is 18.3 Å². The Labute approximate surface area is 163 Å². The third-order valence-corrected chi connectivity index (χ3v) is 5.75. The molecule has 2 amide bonds. The van der Waals surface area contributed by atoms with Crippen LogP contribution in [-0.2, 0) is 10.2 Å². The van der Waals surface area contributed by atoms with Crippen molar-refractivity contribution < 1.29 is 18.7 Å². The minimum absolute atomic E-state index is 0.0329. The first kappa shape index (κ1) is 18.5. The van der Waals surface area contributed by atoms with Crippen LogP contribution in [0, 0.1) is 5.82 Å². The maximum Gasteiger partial charge on any atom is 0.253 e. The molecule has 4 rings (SSSR count). The van der Waals surface area contributed by atoms with Crippen LogP contribution < -0.4 is 4.74 Å². The number of carbonyl (C=O) groups excluding carboxylic acids is 2. The van der Waals surface area contributed by atoms with Crippen LogP contribution in [0.5, 0.6) is 5.75 Å². The molecule has 28 heavy (non-hydrogen) atoms. The van der Waals surface area contributed by atoms with Crippen LogP contribution in [0.25, 0.3) is 0 Å². The molecule has 2 fully saturated rings. The molecule has 1 heterocycles. The molecule has 1 aliphatic carbocycles. The fourth-order valence-electron chi connectivity index (χ4n) is 3.85. The van der Waals surface area contributed by atoms with E-state index in [9.17, 15) is 14.0 Å². The van der Waals surface area contributed by atoms with Crippen LogP contribution >= 0.6 is 0 Å². The molecule has 1 aliphatic heterocycles. The van der Waals surface area contributed by atoms with Gasteiger partial charge >= 0.3 is 0 Å². The number of piperazine rings is 1. The van der Waals surface area contributed by atoms with Crippen molar-refractivity contribution in [3.8, 4) is 5.75 Å². The average molecular weight is 382 g/mol. The topological polar surface area (TPSA) is 49.9 Å². The number of nitrogens with zero attached hydrogens (tertiary/aromatic N) is 2. The first-order valence-corrected chi connectivity index (χ1v) is 9.52. The third kappa shape index (κ3) is 3.35. The van der Waals surface area contributed by atoms with Crippen molar-refractivity contribution in [3.05, 3.63) is 65.5 Å². The van der Waals surface area contributed by atoms with Crippen LogP contribution in [-0.4, -0.2) is 54.9 Å². The summed E-state index contributed by atoms with van der Waals surface area (Å²) >= 11 is 0. The van der Waals surface area contributed by atoms with Crippen molar-refractivity contribution in [1.29, 1.82) is 0 Å². The van der Waals surface area contributed by atoms with Gasteiger partial charge in [-0.15, -0.1) is 0 Å². The maximum absolute atomic E-state index is 13.2. The molecule has 5 nitrogen and oxygen atoms in total. The number of hydrogen-bond acceptors (Lipinski definition) is 3. The van der Waals surface area contributed by atoms with E-state index in [0.29, 0.717) is 37.5 Å². The molecule has 0 atom stereocenters. The summed E-state index contributed by atoms with van der Waals surface area (Å²) in [7, 11) is 1.59. The number of methoxy groups -OCH3 is 1. The number of ether oxygens (including phenoxy) is 1. The highest BCUT2D eigenvalue weighted by Crippen LogP contribution is 2.49. The second-order valence-electron chi connectivity index (χ2n) is 7.40. The van der Waals surface area contributed by atoms with Crippen LogP contribution in [0.4, 0.5) is 4.39 Å². The third-order valence-electron chi connectivity index (χ3n) is 5.75. The second-order valence-corrected chi connectivity index (χ2v) is 7.40. The quantitative estimate of drug-likeness (QED) is 0.817. The first-order valence-electron chi connectivity index (χ1n) is 9.52. The van der Waals surface area contributed by atoms with Crippen LogP contribution in [0.15, 0.2) is 48.5 Å². The highest BCUT2D eigenvalue weighted by atomic mass is 19.1. The number of halogens is 1. The van der Waals surface area contributed by atoms with Gasteiger partial charge in [0.1, 0.15) is 11.6 Å². The van der Waals surface area contributed by atoms with Crippen molar-refractivity contribution in [2.24, 2.45) is 0 Å². The Morgan fingerprint density at radius 1 is 0.893 bits per heavy atom. The smallest absolute Gasteiger partial charge is 0.253 e. The summed E-state index contributed by atoms with van der Waals surface area (Å²) in [4.78, 5) is 29.4. The van der Waals surface area contributed by atoms with E-state index in [1.54, 1.807) is 48.4 Å². The molecule has 1 saturated heterocycles. The SMILES string of the molecule is COc1ccc(C(=O)N2CCN(C(=O)C3(c4ccc(F)cc4)CC3)CC2)cc1.